The topological polar surface area (TPSA) is 60.7 Å². The van der Waals surface area contributed by atoms with Crippen LogP contribution in [0, 0.1) is 6.92 Å². The van der Waals surface area contributed by atoms with E-state index in [1.165, 1.54) is 11.8 Å². The minimum Gasteiger partial charge on any atom is -0.309 e. The Balaban J connectivity index is 2.33. The Bertz CT molecular complexity index is 523. The van der Waals surface area contributed by atoms with Gasteiger partial charge in [-0.1, -0.05) is 0 Å². The Morgan fingerprint density at radius 2 is 2.25 bits per heavy atom. The first-order valence-corrected chi connectivity index (χ1v) is 5.48. The monoisotopic (exact) mass is 234 g/mol. The number of hydrogen-bond acceptors (Lipinski definition) is 5. The van der Waals surface area contributed by atoms with Crippen LogP contribution in [-0.4, -0.2) is 26.0 Å². The molecule has 0 atom stereocenters. The third-order valence-electron chi connectivity index (χ3n) is 2.17. The highest BCUT2D eigenvalue weighted by Crippen LogP contribution is 2.25. The average molecular weight is 234 g/mol. The third-order valence-corrected chi connectivity index (χ3v) is 3.24. The van der Waals surface area contributed by atoms with Crippen molar-refractivity contribution in [1.29, 1.82) is 0 Å². The fourth-order valence-corrected chi connectivity index (χ4v) is 2.01. The molecule has 0 aliphatic rings. The van der Waals surface area contributed by atoms with Gasteiger partial charge >= 0.3 is 0 Å². The van der Waals surface area contributed by atoms with E-state index in [4.69, 9.17) is 0 Å². The van der Waals surface area contributed by atoms with E-state index < -0.39 is 0 Å². The standard InChI is InChI=1S/C10H10N4OS/c1-7-12-13-10(14(7)2)16-9-8(6-15)4-3-5-11-9/h3-6H,1-2H3. The van der Waals surface area contributed by atoms with Gasteiger partial charge in [-0.25, -0.2) is 4.98 Å². The first kappa shape index (κ1) is 10.8. The molecule has 0 aliphatic carbocycles. The van der Waals surface area contributed by atoms with Gasteiger partial charge in [0.05, 0.1) is 0 Å². The van der Waals surface area contributed by atoms with Crippen LogP contribution in [0.15, 0.2) is 28.5 Å². The molecule has 0 aromatic carbocycles. The van der Waals surface area contributed by atoms with Crippen LogP contribution in [0.1, 0.15) is 16.2 Å². The number of rotatable bonds is 3. The number of aromatic nitrogens is 4. The van der Waals surface area contributed by atoms with Crippen LogP contribution in [0.25, 0.3) is 0 Å². The van der Waals surface area contributed by atoms with Gasteiger partial charge in [0.1, 0.15) is 10.9 Å². The van der Waals surface area contributed by atoms with Crippen LogP contribution >= 0.6 is 11.8 Å². The zero-order valence-electron chi connectivity index (χ0n) is 8.91. The van der Waals surface area contributed by atoms with Gasteiger partial charge in [-0.2, -0.15) is 0 Å². The Morgan fingerprint density at radius 3 is 2.88 bits per heavy atom. The Labute approximate surface area is 96.9 Å². The largest absolute Gasteiger partial charge is 0.309 e. The van der Waals surface area contributed by atoms with Gasteiger partial charge in [0, 0.05) is 18.8 Å². The molecule has 0 amide bonds. The lowest BCUT2D eigenvalue weighted by atomic mass is 10.3. The van der Waals surface area contributed by atoms with Crippen molar-refractivity contribution in [2.24, 2.45) is 7.05 Å². The van der Waals surface area contributed by atoms with Gasteiger partial charge in [0.15, 0.2) is 11.4 Å². The van der Waals surface area contributed by atoms with Crippen LogP contribution in [0.4, 0.5) is 0 Å². The molecule has 0 saturated carbocycles. The van der Waals surface area contributed by atoms with E-state index in [9.17, 15) is 4.79 Å². The van der Waals surface area contributed by atoms with Crippen molar-refractivity contribution >= 4 is 18.0 Å². The van der Waals surface area contributed by atoms with Crippen LogP contribution in [-0.2, 0) is 7.05 Å². The first-order chi connectivity index (χ1) is 7.72. The zero-order valence-corrected chi connectivity index (χ0v) is 9.73. The quantitative estimate of drug-likeness (QED) is 0.753. The molecule has 0 spiro atoms. The summed E-state index contributed by atoms with van der Waals surface area (Å²) < 4.78 is 1.86. The minimum absolute atomic E-state index is 0.563. The zero-order chi connectivity index (χ0) is 11.5. The number of aryl methyl sites for hydroxylation is 1. The second-order valence-electron chi connectivity index (χ2n) is 3.21. The maximum absolute atomic E-state index is 10.8. The molecule has 82 valence electrons. The van der Waals surface area contributed by atoms with Gasteiger partial charge in [0.25, 0.3) is 0 Å². The lowest BCUT2D eigenvalue weighted by Gasteiger charge is -2.02. The fourth-order valence-electron chi connectivity index (χ4n) is 1.14. The smallest absolute Gasteiger partial charge is 0.197 e. The van der Waals surface area contributed by atoms with Gasteiger partial charge in [0.2, 0.25) is 0 Å². The van der Waals surface area contributed by atoms with E-state index in [1.807, 2.05) is 18.5 Å². The van der Waals surface area contributed by atoms with Crippen LogP contribution in [0.2, 0.25) is 0 Å². The normalized spacial score (nSPS) is 10.4. The SMILES string of the molecule is Cc1nnc(Sc2ncccc2C=O)n1C. The van der Waals surface area contributed by atoms with Crippen LogP contribution in [0.5, 0.6) is 0 Å². The molecule has 16 heavy (non-hydrogen) atoms. The summed E-state index contributed by atoms with van der Waals surface area (Å²) in [6.45, 7) is 1.87. The number of carbonyl (C=O) groups excluding carboxylic acids is 1. The minimum atomic E-state index is 0.563. The molecule has 0 N–H and O–H groups in total. The van der Waals surface area contributed by atoms with E-state index in [0.29, 0.717) is 10.6 Å². The second kappa shape index (κ2) is 4.44. The molecule has 2 rings (SSSR count). The summed E-state index contributed by atoms with van der Waals surface area (Å²) in [6.07, 6.45) is 2.44. The summed E-state index contributed by atoms with van der Waals surface area (Å²) in [5.74, 6) is 0.825. The summed E-state index contributed by atoms with van der Waals surface area (Å²) in [5.41, 5.74) is 0.563. The van der Waals surface area contributed by atoms with E-state index in [1.54, 1.807) is 18.3 Å². The number of pyridine rings is 1. The van der Waals surface area contributed by atoms with E-state index in [-0.39, 0.29) is 0 Å². The lowest BCUT2D eigenvalue weighted by Crippen LogP contribution is -1.95. The van der Waals surface area contributed by atoms with Crippen molar-refractivity contribution in [2.45, 2.75) is 17.1 Å². The molecule has 2 heterocycles. The molecule has 0 radical (unpaired) electrons. The highest BCUT2D eigenvalue weighted by molar-refractivity contribution is 7.99. The maximum atomic E-state index is 10.8. The van der Waals surface area contributed by atoms with Crippen LogP contribution < -0.4 is 0 Å². The summed E-state index contributed by atoms with van der Waals surface area (Å²) in [5, 5.41) is 9.32. The van der Waals surface area contributed by atoms with Crippen molar-refractivity contribution in [2.75, 3.05) is 0 Å². The summed E-state index contributed by atoms with van der Waals surface area (Å²) in [7, 11) is 1.88. The van der Waals surface area contributed by atoms with Gasteiger partial charge < -0.3 is 4.57 Å². The van der Waals surface area contributed by atoms with Crippen molar-refractivity contribution in [3.63, 3.8) is 0 Å². The number of aldehydes is 1. The second-order valence-corrected chi connectivity index (χ2v) is 4.16. The molecule has 5 nitrogen and oxygen atoms in total. The van der Waals surface area contributed by atoms with E-state index in [2.05, 4.69) is 15.2 Å². The molecular formula is C10H10N4OS. The Kier molecular flexibility index (Phi) is 3.00. The van der Waals surface area contributed by atoms with E-state index >= 15 is 0 Å². The van der Waals surface area contributed by atoms with Crippen molar-refractivity contribution in [3.05, 3.63) is 29.7 Å². The maximum Gasteiger partial charge on any atom is 0.197 e. The van der Waals surface area contributed by atoms with Crippen molar-refractivity contribution < 1.29 is 4.79 Å². The third kappa shape index (κ3) is 1.96. The molecule has 0 fully saturated rings. The molecule has 6 heteroatoms. The van der Waals surface area contributed by atoms with Crippen molar-refractivity contribution in [3.8, 4) is 0 Å². The van der Waals surface area contributed by atoms with Crippen LogP contribution in [0.3, 0.4) is 0 Å². The highest BCUT2D eigenvalue weighted by Gasteiger charge is 2.10. The molecule has 2 aromatic rings. The van der Waals surface area contributed by atoms with Gasteiger partial charge in [-0.05, 0) is 30.8 Å². The first-order valence-electron chi connectivity index (χ1n) is 4.66. The summed E-state index contributed by atoms with van der Waals surface area (Å²) in [4.78, 5) is 15.0. The predicted molar refractivity (Wildman–Crippen MR) is 59.5 cm³/mol. The molecule has 0 unspecified atom stereocenters. The van der Waals surface area contributed by atoms with E-state index in [0.717, 1.165) is 17.3 Å². The Hall–Kier alpha value is -1.69. The van der Waals surface area contributed by atoms with Crippen molar-refractivity contribution in [1.82, 2.24) is 19.7 Å². The predicted octanol–water partition coefficient (Wildman–Crippen LogP) is 1.48. The average Bonchev–Trinajstić information content (AvgIpc) is 2.62. The fraction of sp³-hybridized carbons (Fsp3) is 0.200. The van der Waals surface area contributed by atoms with Gasteiger partial charge in [-0.3, -0.25) is 4.79 Å². The summed E-state index contributed by atoms with van der Waals surface area (Å²) in [6, 6.07) is 3.46. The summed E-state index contributed by atoms with van der Waals surface area (Å²) >= 11 is 1.33. The molecule has 0 aliphatic heterocycles. The highest BCUT2D eigenvalue weighted by atomic mass is 32.2. The Morgan fingerprint density at radius 1 is 1.44 bits per heavy atom. The van der Waals surface area contributed by atoms with Gasteiger partial charge in [-0.15, -0.1) is 10.2 Å². The number of carbonyl (C=O) groups is 1. The molecule has 2 aromatic heterocycles. The number of hydrogen-bond donors (Lipinski definition) is 0. The molecular weight excluding hydrogens is 224 g/mol. The lowest BCUT2D eigenvalue weighted by molar-refractivity contribution is 0.112. The number of nitrogens with zero attached hydrogens (tertiary/aromatic N) is 4. The molecule has 0 bridgehead atoms. The molecule has 0 saturated heterocycles.